The van der Waals surface area contributed by atoms with Crippen molar-refractivity contribution in [1.29, 1.82) is 5.26 Å². The van der Waals surface area contributed by atoms with Crippen LogP contribution in [-0.4, -0.2) is 21.9 Å². The molecule has 8 heteroatoms. The van der Waals surface area contributed by atoms with Crippen molar-refractivity contribution in [2.24, 2.45) is 5.73 Å². The molecule has 4 N–H and O–H groups in total. The maximum absolute atomic E-state index is 10.1. The third-order valence-electron chi connectivity index (χ3n) is 4.70. The smallest absolute Gasteiger partial charge is 0.244 e. The number of nitriles is 1. The van der Waals surface area contributed by atoms with Crippen molar-refractivity contribution in [1.82, 2.24) is 10.2 Å². The second-order valence-electron chi connectivity index (χ2n) is 6.38. The lowest BCUT2D eigenvalue weighted by Gasteiger charge is -2.24. The molecule has 1 aromatic heterocycles. The topological polar surface area (TPSA) is 117 Å². The summed E-state index contributed by atoms with van der Waals surface area (Å²) in [5.41, 5.74) is 8.93. The Morgan fingerprint density at radius 2 is 2.14 bits per heavy atom. The van der Waals surface area contributed by atoms with Gasteiger partial charge in [-0.2, -0.15) is 5.26 Å². The van der Waals surface area contributed by atoms with E-state index in [1.807, 2.05) is 25.1 Å². The molecule has 4 rings (SSSR count). The molecule has 0 saturated heterocycles. The fraction of sp³-hybridized carbons (Fsp3) is 0.143. The Labute approximate surface area is 171 Å². The van der Waals surface area contributed by atoms with Crippen LogP contribution < -0.4 is 15.2 Å². The van der Waals surface area contributed by atoms with Crippen LogP contribution >= 0.6 is 11.6 Å². The number of halogens is 1. The van der Waals surface area contributed by atoms with E-state index in [0.717, 1.165) is 5.56 Å². The summed E-state index contributed by atoms with van der Waals surface area (Å²) >= 11 is 6.39. The number of aromatic hydroxyl groups is 1. The number of hydrogen-bond donors (Lipinski definition) is 3. The number of ether oxygens (including phenoxy) is 2. The molecule has 0 fully saturated rings. The fourth-order valence-corrected chi connectivity index (χ4v) is 3.66. The number of nitrogens with two attached hydrogens (primary N) is 1. The predicted octanol–water partition coefficient (Wildman–Crippen LogP) is 4.05. The van der Waals surface area contributed by atoms with E-state index < -0.39 is 5.92 Å². The van der Waals surface area contributed by atoms with E-state index in [2.05, 4.69) is 16.3 Å². The molecule has 2 aromatic carbocycles. The highest BCUT2D eigenvalue weighted by Gasteiger charge is 2.36. The number of aromatic nitrogens is 2. The van der Waals surface area contributed by atoms with Crippen LogP contribution in [-0.2, 0) is 0 Å². The lowest BCUT2D eigenvalue weighted by Crippen LogP contribution is -2.21. The average Bonchev–Trinajstić information content (AvgIpc) is 3.12. The lowest BCUT2D eigenvalue weighted by molar-refractivity contribution is 0.317. The van der Waals surface area contributed by atoms with Gasteiger partial charge in [0.15, 0.2) is 11.5 Å². The first-order chi connectivity index (χ1) is 14.0. The highest BCUT2D eigenvalue weighted by molar-refractivity contribution is 6.33. The van der Waals surface area contributed by atoms with E-state index in [-0.39, 0.29) is 23.1 Å². The van der Waals surface area contributed by atoms with Crippen molar-refractivity contribution in [3.63, 3.8) is 0 Å². The van der Waals surface area contributed by atoms with Crippen molar-refractivity contribution in [3.05, 3.63) is 70.1 Å². The monoisotopic (exact) mass is 408 g/mol. The summed E-state index contributed by atoms with van der Waals surface area (Å²) in [7, 11) is 0. The average molecular weight is 409 g/mol. The first kappa shape index (κ1) is 18.7. The van der Waals surface area contributed by atoms with Crippen molar-refractivity contribution in [2.75, 3.05) is 6.61 Å². The number of phenolic OH excluding ortho intramolecular Hbond substituents is 1. The number of aromatic amines is 1. The van der Waals surface area contributed by atoms with Gasteiger partial charge in [-0.05, 0) is 30.7 Å². The minimum Gasteiger partial charge on any atom is -0.504 e. The van der Waals surface area contributed by atoms with Crippen molar-refractivity contribution in [3.8, 4) is 34.7 Å². The fourth-order valence-electron chi connectivity index (χ4n) is 3.43. The van der Waals surface area contributed by atoms with Crippen molar-refractivity contribution in [2.45, 2.75) is 12.8 Å². The van der Waals surface area contributed by atoms with Crippen molar-refractivity contribution < 1.29 is 14.6 Å². The molecule has 0 saturated carbocycles. The molecule has 0 unspecified atom stereocenters. The van der Waals surface area contributed by atoms with Crippen LogP contribution in [0.4, 0.5) is 0 Å². The highest BCUT2D eigenvalue weighted by atomic mass is 35.5. The van der Waals surface area contributed by atoms with Crippen LogP contribution in [0.2, 0.25) is 5.02 Å². The van der Waals surface area contributed by atoms with E-state index in [1.165, 1.54) is 6.07 Å². The number of fused-ring (bicyclic) bond motifs is 1. The van der Waals surface area contributed by atoms with Crippen LogP contribution in [0.15, 0.2) is 53.9 Å². The van der Waals surface area contributed by atoms with E-state index in [1.54, 1.807) is 18.2 Å². The summed E-state index contributed by atoms with van der Waals surface area (Å²) in [5, 5.41) is 27.6. The lowest BCUT2D eigenvalue weighted by atomic mass is 9.83. The summed E-state index contributed by atoms with van der Waals surface area (Å²) in [4.78, 5) is 0. The Balaban J connectivity index is 1.95. The number of nitrogens with one attached hydrogen (secondary N) is 1. The number of hydrogen-bond acceptors (Lipinski definition) is 6. The van der Waals surface area contributed by atoms with Gasteiger partial charge in [0.25, 0.3) is 0 Å². The number of phenols is 1. The standard InChI is InChI=1S/C21H17ClN4O3/c1-2-28-16-9-11(7-8-15(16)27)17-13(10-23)20(24)29-21-18(17)19(25-26-21)12-5-3-4-6-14(12)22/h3-9,17,27H,2,24H2,1H3,(H,25,26)/t17-/m0/s1. The summed E-state index contributed by atoms with van der Waals surface area (Å²) in [6, 6.07) is 14.4. The maximum Gasteiger partial charge on any atom is 0.244 e. The minimum absolute atomic E-state index is 0.0110. The van der Waals surface area contributed by atoms with Crippen LogP contribution in [0.5, 0.6) is 17.4 Å². The second kappa shape index (κ2) is 7.41. The minimum atomic E-state index is -0.575. The zero-order valence-corrected chi connectivity index (χ0v) is 16.2. The first-order valence-corrected chi connectivity index (χ1v) is 9.29. The Bertz CT molecular complexity index is 1160. The van der Waals surface area contributed by atoms with E-state index in [0.29, 0.717) is 34.2 Å². The normalized spacial score (nSPS) is 15.4. The highest BCUT2D eigenvalue weighted by Crippen LogP contribution is 2.47. The van der Waals surface area contributed by atoms with Gasteiger partial charge in [-0.15, -0.1) is 5.10 Å². The van der Waals surface area contributed by atoms with E-state index in [4.69, 9.17) is 26.8 Å². The SMILES string of the molecule is CCOc1cc([C@H]2C(C#N)=C(N)Oc3n[nH]c(-c4ccccc4Cl)c32)ccc1O. The van der Waals surface area contributed by atoms with Gasteiger partial charge in [-0.3, -0.25) is 5.10 Å². The summed E-state index contributed by atoms with van der Waals surface area (Å²) in [5.74, 6) is 0.00262. The van der Waals surface area contributed by atoms with E-state index >= 15 is 0 Å². The molecule has 0 spiro atoms. The molecule has 0 aliphatic carbocycles. The van der Waals surface area contributed by atoms with Gasteiger partial charge in [0.05, 0.1) is 23.8 Å². The molecule has 1 atom stereocenters. The molecule has 29 heavy (non-hydrogen) atoms. The van der Waals surface area contributed by atoms with Gasteiger partial charge in [-0.25, -0.2) is 0 Å². The van der Waals surface area contributed by atoms with Gasteiger partial charge < -0.3 is 20.3 Å². The summed E-state index contributed by atoms with van der Waals surface area (Å²) in [6.07, 6.45) is 0. The molecule has 0 amide bonds. The predicted molar refractivity (Wildman–Crippen MR) is 108 cm³/mol. The molecule has 146 valence electrons. The van der Waals surface area contributed by atoms with Gasteiger partial charge in [-0.1, -0.05) is 35.9 Å². The zero-order valence-electron chi connectivity index (χ0n) is 15.4. The summed E-state index contributed by atoms with van der Waals surface area (Å²) < 4.78 is 11.1. The quantitative estimate of drug-likeness (QED) is 0.599. The number of H-pyrrole nitrogens is 1. The number of rotatable bonds is 4. The zero-order chi connectivity index (χ0) is 20.5. The molecule has 2 heterocycles. The third-order valence-corrected chi connectivity index (χ3v) is 5.03. The van der Waals surface area contributed by atoms with Gasteiger partial charge >= 0.3 is 0 Å². The molecular formula is C21H17ClN4O3. The molecule has 0 radical (unpaired) electrons. The largest absolute Gasteiger partial charge is 0.504 e. The second-order valence-corrected chi connectivity index (χ2v) is 6.79. The Kier molecular flexibility index (Phi) is 4.79. The molecule has 0 bridgehead atoms. The summed E-state index contributed by atoms with van der Waals surface area (Å²) in [6.45, 7) is 2.21. The van der Waals surface area contributed by atoms with Crippen molar-refractivity contribution >= 4 is 11.6 Å². The molecule has 3 aromatic rings. The Hall–Kier alpha value is -3.63. The van der Waals surface area contributed by atoms with Crippen LogP contribution in [0.25, 0.3) is 11.3 Å². The number of nitrogens with zero attached hydrogens (tertiary/aromatic N) is 2. The third kappa shape index (κ3) is 3.13. The van der Waals surface area contributed by atoms with Crippen LogP contribution in [0, 0.1) is 11.3 Å². The maximum atomic E-state index is 10.1. The van der Waals surface area contributed by atoms with Crippen LogP contribution in [0.3, 0.4) is 0 Å². The van der Waals surface area contributed by atoms with Gasteiger partial charge in [0.1, 0.15) is 11.6 Å². The number of allylic oxidation sites excluding steroid dienone is 1. The molecule has 7 nitrogen and oxygen atoms in total. The van der Waals surface area contributed by atoms with Gasteiger partial charge in [0, 0.05) is 10.6 Å². The molecule has 1 aliphatic rings. The number of benzene rings is 2. The van der Waals surface area contributed by atoms with Crippen LogP contribution in [0.1, 0.15) is 24.0 Å². The van der Waals surface area contributed by atoms with E-state index in [9.17, 15) is 10.4 Å². The Morgan fingerprint density at radius 3 is 2.86 bits per heavy atom. The molecule has 1 aliphatic heterocycles. The Morgan fingerprint density at radius 1 is 1.34 bits per heavy atom. The van der Waals surface area contributed by atoms with Gasteiger partial charge in [0.2, 0.25) is 11.8 Å². The molecular weight excluding hydrogens is 392 g/mol. The first-order valence-electron chi connectivity index (χ1n) is 8.91.